The van der Waals surface area contributed by atoms with Crippen LogP contribution < -0.4 is 10.1 Å². The van der Waals surface area contributed by atoms with Crippen molar-refractivity contribution in [1.82, 2.24) is 10.3 Å². The smallest absolute Gasteiger partial charge is 0.226 e. The molecule has 0 aliphatic rings. The molecule has 6 heteroatoms. The van der Waals surface area contributed by atoms with Gasteiger partial charge in [-0.1, -0.05) is 53.7 Å². The van der Waals surface area contributed by atoms with Crippen LogP contribution in [0, 0.1) is 0 Å². The first-order valence-corrected chi connectivity index (χ1v) is 14.0. The van der Waals surface area contributed by atoms with Gasteiger partial charge in [-0.05, 0) is 60.1 Å². The maximum atomic E-state index is 11.0. The number of ether oxygens (including phenoxy) is 1. The van der Waals surface area contributed by atoms with Gasteiger partial charge in [0.05, 0.1) is 12.3 Å². The van der Waals surface area contributed by atoms with Gasteiger partial charge in [0.2, 0.25) is 5.89 Å². The number of phenolic OH excluding ortho intramolecular Hbond substituents is 1. The molecule has 0 atom stereocenters. The quantitative estimate of drug-likeness (QED) is 0.310. The molecule has 0 amide bonds. The lowest BCUT2D eigenvalue weighted by molar-refractivity contribution is 0.316. The molecule has 196 valence electrons. The molecule has 0 fully saturated rings. The van der Waals surface area contributed by atoms with Crippen molar-refractivity contribution in [2.75, 3.05) is 25.7 Å². The van der Waals surface area contributed by atoms with Crippen LogP contribution in [0.15, 0.2) is 41.0 Å². The van der Waals surface area contributed by atoms with Gasteiger partial charge in [-0.25, -0.2) is 4.98 Å². The fourth-order valence-electron chi connectivity index (χ4n) is 4.20. The highest BCUT2D eigenvalue weighted by molar-refractivity contribution is 7.98. The zero-order chi connectivity index (χ0) is 26.5. The number of thioether (sulfide) groups is 1. The van der Waals surface area contributed by atoms with E-state index >= 15 is 0 Å². The Balaban J connectivity index is 1.76. The minimum absolute atomic E-state index is 0.209. The number of oxazole rings is 1. The highest BCUT2D eigenvalue weighted by Crippen LogP contribution is 2.41. The van der Waals surface area contributed by atoms with Crippen molar-refractivity contribution in [3.05, 3.63) is 64.5 Å². The van der Waals surface area contributed by atoms with Crippen LogP contribution in [-0.4, -0.2) is 35.8 Å². The average Bonchev–Trinajstić information content (AvgIpc) is 3.26. The number of benzene rings is 2. The summed E-state index contributed by atoms with van der Waals surface area (Å²) in [5, 5.41) is 14.2. The summed E-state index contributed by atoms with van der Waals surface area (Å²) in [4.78, 5) is 4.75. The number of rotatable bonds is 10. The van der Waals surface area contributed by atoms with Gasteiger partial charge in [-0.2, -0.15) is 11.8 Å². The molecule has 36 heavy (non-hydrogen) atoms. The number of hydrogen-bond donors (Lipinski definition) is 2. The molecule has 5 nitrogen and oxygen atoms in total. The highest BCUT2D eigenvalue weighted by atomic mass is 32.2. The standard InChI is InChI=1S/C30H42N2O3S/c1-29(2,3)24-16-21(17-25(27(24)33)30(4,5)6)28-32-23(19-35-28)11-13-34-26-10-9-20(12-14-36-8)15-22(26)18-31-7/h9-10,15-17,19,31,33H,11-14,18H2,1-8H3. The molecule has 0 saturated heterocycles. The Morgan fingerprint density at radius 3 is 2.25 bits per heavy atom. The molecule has 1 aromatic heterocycles. The molecular formula is C30H42N2O3S. The summed E-state index contributed by atoms with van der Waals surface area (Å²) in [5.74, 6) is 2.94. The lowest BCUT2D eigenvalue weighted by Crippen LogP contribution is -2.17. The molecule has 3 rings (SSSR count). The molecule has 2 N–H and O–H groups in total. The van der Waals surface area contributed by atoms with E-state index in [-0.39, 0.29) is 10.8 Å². The topological polar surface area (TPSA) is 67.5 Å². The number of nitrogens with one attached hydrogen (secondary N) is 1. The number of phenols is 1. The molecule has 0 aliphatic heterocycles. The van der Waals surface area contributed by atoms with Crippen LogP contribution in [0.1, 0.15) is 69.5 Å². The van der Waals surface area contributed by atoms with Crippen molar-refractivity contribution in [1.29, 1.82) is 0 Å². The van der Waals surface area contributed by atoms with Crippen LogP contribution in [-0.2, 0) is 30.2 Å². The van der Waals surface area contributed by atoms with E-state index < -0.39 is 0 Å². The second kappa shape index (κ2) is 11.7. The molecule has 0 unspecified atom stereocenters. The van der Waals surface area contributed by atoms with Gasteiger partial charge in [-0.15, -0.1) is 0 Å². The minimum Gasteiger partial charge on any atom is -0.507 e. The van der Waals surface area contributed by atoms with Gasteiger partial charge in [0.1, 0.15) is 17.8 Å². The zero-order valence-corrected chi connectivity index (χ0v) is 23.9. The summed E-state index contributed by atoms with van der Waals surface area (Å²) in [7, 11) is 1.95. The Labute approximate surface area is 221 Å². The molecule has 0 aliphatic carbocycles. The largest absolute Gasteiger partial charge is 0.507 e. The number of aryl methyl sites for hydroxylation is 1. The monoisotopic (exact) mass is 510 g/mol. The molecule has 0 bridgehead atoms. The summed E-state index contributed by atoms with van der Waals surface area (Å²) in [6.45, 7) is 13.9. The first-order chi connectivity index (χ1) is 16.9. The van der Waals surface area contributed by atoms with E-state index in [2.05, 4.69) is 71.3 Å². The minimum atomic E-state index is -0.209. The highest BCUT2D eigenvalue weighted by Gasteiger charge is 2.27. The summed E-state index contributed by atoms with van der Waals surface area (Å²) in [6, 6.07) is 10.5. The van der Waals surface area contributed by atoms with E-state index in [0.29, 0.717) is 24.7 Å². The Morgan fingerprint density at radius 1 is 1.00 bits per heavy atom. The fourth-order valence-corrected chi connectivity index (χ4v) is 4.64. The van der Waals surface area contributed by atoms with Gasteiger partial charge in [-0.3, -0.25) is 0 Å². The Hall–Kier alpha value is -2.44. The van der Waals surface area contributed by atoms with E-state index in [1.165, 1.54) is 11.1 Å². The maximum Gasteiger partial charge on any atom is 0.226 e. The Morgan fingerprint density at radius 2 is 1.67 bits per heavy atom. The number of hydrogen-bond acceptors (Lipinski definition) is 6. The third-order valence-electron chi connectivity index (χ3n) is 6.23. The van der Waals surface area contributed by atoms with Gasteiger partial charge >= 0.3 is 0 Å². The predicted octanol–water partition coefficient (Wildman–Crippen LogP) is 6.89. The predicted molar refractivity (Wildman–Crippen MR) is 151 cm³/mol. The van der Waals surface area contributed by atoms with Crippen LogP contribution >= 0.6 is 11.8 Å². The van der Waals surface area contributed by atoms with Crippen LogP contribution in [0.25, 0.3) is 11.5 Å². The molecule has 0 saturated carbocycles. The first kappa shape index (κ1) is 28.1. The van der Waals surface area contributed by atoms with E-state index in [1.54, 1.807) is 6.26 Å². The van der Waals surface area contributed by atoms with Gasteiger partial charge in [0, 0.05) is 35.2 Å². The van der Waals surface area contributed by atoms with Gasteiger partial charge < -0.3 is 19.6 Å². The SMILES string of the molecule is CNCc1cc(CCSC)ccc1OCCc1coc(-c2cc(C(C)(C)C)c(O)c(C(C)(C)C)c2)n1. The summed E-state index contributed by atoms with van der Waals surface area (Å²) < 4.78 is 12.0. The number of nitrogens with zero attached hydrogens (tertiary/aromatic N) is 1. The van der Waals surface area contributed by atoms with E-state index in [1.807, 2.05) is 30.9 Å². The second-order valence-corrected chi connectivity index (χ2v) is 12.4. The van der Waals surface area contributed by atoms with Crippen molar-refractivity contribution in [2.45, 2.75) is 71.8 Å². The van der Waals surface area contributed by atoms with Gasteiger partial charge in [0.15, 0.2) is 0 Å². The second-order valence-electron chi connectivity index (χ2n) is 11.4. The van der Waals surface area contributed by atoms with Crippen molar-refractivity contribution >= 4 is 11.8 Å². The van der Waals surface area contributed by atoms with Gasteiger partial charge in [0.25, 0.3) is 0 Å². The fraction of sp³-hybridized carbons (Fsp3) is 0.500. The molecule has 0 spiro atoms. The molecule has 2 aromatic carbocycles. The van der Waals surface area contributed by atoms with Crippen molar-refractivity contribution in [3.63, 3.8) is 0 Å². The van der Waals surface area contributed by atoms with E-state index in [0.717, 1.165) is 46.9 Å². The van der Waals surface area contributed by atoms with Crippen molar-refractivity contribution < 1.29 is 14.3 Å². The third kappa shape index (κ3) is 7.07. The van der Waals surface area contributed by atoms with Crippen LogP contribution in [0.5, 0.6) is 11.5 Å². The third-order valence-corrected chi connectivity index (χ3v) is 6.84. The van der Waals surface area contributed by atoms with Crippen LogP contribution in [0.3, 0.4) is 0 Å². The summed E-state index contributed by atoms with van der Waals surface area (Å²) in [6.07, 6.45) is 5.55. The lowest BCUT2D eigenvalue weighted by Gasteiger charge is -2.27. The van der Waals surface area contributed by atoms with Crippen LogP contribution in [0.2, 0.25) is 0 Å². The number of aromatic nitrogens is 1. The van der Waals surface area contributed by atoms with E-state index in [9.17, 15) is 5.11 Å². The number of aromatic hydroxyl groups is 1. The molecule has 0 radical (unpaired) electrons. The summed E-state index contributed by atoms with van der Waals surface area (Å²) >= 11 is 1.86. The molecule has 3 aromatic rings. The molecule has 1 heterocycles. The zero-order valence-electron chi connectivity index (χ0n) is 23.1. The average molecular weight is 511 g/mol. The molecular weight excluding hydrogens is 468 g/mol. The Kier molecular flexibility index (Phi) is 9.18. The van der Waals surface area contributed by atoms with Crippen LogP contribution in [0.4, 0.5) is 0 Å². The lowest BCUT2D eigenvalue weighted by atomic mass is 9.78. The Bertz CT molecular complexity index is 1120. The maximum absolute atomic E-state index is 11.0. The first-order valence-electron chi connectivity index (χ1n) is 12.6. The van der Waals surface area contributed by atoms with E-state index in [4.69, 9.17) is 14.1 Å². The van der Waals surface area contributed by atoms with Crippen molar-refractivity contribution in [3.8, 4) is 23.0 Å². The summed E-state index contributed by atoms with van der Waals surface area (Å²) in [5.41, 5.74) is 5.61. The normalized spacial score (nSPS) is 12.2. The van der Waals surface area contributed by atoms with Crippen molar-refractivity contribution in [2.24, 2.45) is 0 Å².